The second-order valence-corrected chi connectivity index (χ2v) is 8.26. The van der Waals surface area contributed by atoms with Gasteiger partial charge in [-0.05, 0) is 50.0 Å². The summed E-state index contributed by atoms with van der Waals surface area (Å²) in [5.74, 6) is 0.0546. The van der Waals surface area contributed by atoms with Crippen molar-refractivity contribution < 1.29 is 4.79 Å². The van der Waals surface area contributed by atoms with E-state index in [1.54, 1.807) is 6.08 Å². The summed E-state index contributed by atoms with van der Waals surface area (Å²) in [7, 11) is 0. The monoisotopic (exact) mass is 419 g/mol. The maximum Gasteiger partial charge on any atom is 0.247 e. The predicted molar refractivity (Wildman–Crippen MR) is 121 cm³/mol. The van der Waals surface area contributed by atoms with Crippen molar-refractivity contribution in [1.82, 2.24) is 14.7 Å². The molecule has 0 atom stereocenters. The average Bonchev–Trinajstić information content (AvgIpc) is 3.55. The van der Waals surface area contributed by atoms with Crippen LogP contribution in [0, 0.1) is 13.8 Å². The van der Waals surface area contributed by atoms with E-state index < -0.39 is 0 Å². The molecule has 1 saturated carbocycles. The highest BCUT2D eigenvalue weighted by Gasteiger charge is 2.31. The topological polar surface area (TPSA) is 38.1 Å². The molecule has 4 rings (SSSR count). The quantitative estimate of drug-likeness (QED) is 0.480. The van der Waals surface area contributed by atoms with E-state index in [0.717, 1.165) is 45.9 Å². The number of amides is 1. The molecule has 0 unspecified atom stereocenters. The van der Waals surface area contributed by atoms with Gasteiger partial charge in [-0.25, -0.2) is 0 Å². The molecule has 0 radical (unpaired) electrons. The Kier molecular flexibility index (Phi) is 6.05. The molecule has 1 aliphatic rings. The van der Waals surface area contributed by atoms with E-state index in [4.69, 9.17) is 11.6 Å². The van der Waals surface area contributed by atoms with E-state index in [0.29, 0.717) is 19.1 Å². The molecular formula is C25H26ClN3O. The second-order valence-electron chi connectivity index (χ2n) is 7.85. The summed E-state index contributed by atoms with van der Waals surface area (Å²) in [4.78, 5) is 14.9. The first-order chi connectivity index (χ1) is 14.5. The molecule has 0 spiro atoms. The number of hydrogen-bond donors (Lipinski definition) is 0. The van der Waals surface area contributed by atoms with Crippen LogP contribution in [0.25, 0.3) is 6.08 Å². The normalized spacial score (nSPS) is 13.7. The van der Waals surface area contributed by atoms with Crippen molar-refractivity contribution in [3.63, 3.8) is 0 Å². The van der Waals surface area contributed by atoms with Crippen LogP contribution in [0.2, 0.25) is 5.02 Å². The van der Waals surface area contributed by atoms with Gasteiger partial charge in [0, 0.05) is 34.9 Å². The molecule has 5 heteroatoms. The van der Waals surface area contributed by atoms with Crippen molar-refractivity contribution in [1.29, 1.82) is 0 Å². The van der Waals surface area contributed by atoms with E-state index in [-0.39, 0.29) is 5.91 Å². The predicted octanol–water partition coefficient (Wildman–Crippen LogP) is 5.41. The number of carbonyl (C=O) groups excluding carboxylic acids is 1. The largest absolute Gasteiger partial charge is 0.332 e. The van der Waals surface area contributed by atoms with Gasteiger partial charge < -0.3 is 4.90 Å². The molecule has 1 aromatic heterocycles. The minimum atomic E-state index is 0.0546. The summed E-state index contributed by atoms with van der Waals surface area (Å²) in [6.45, 7) is 5.27. The number of halogens is 1. The highest BCUT2D eigenvalue weighted by atomic mass is 35.5. The Hall–Kier alpha value is -2.85. The number of aromatic nitrogens is 2. The van der Waals surface area contributed by atoms with Crippen molar-refractivity contribution in [3.8, 4) is 0 Å². The van der Waals surface area contributed by atoms with Gasteiger partial charge in [0.05, 0.1) is 12.2 Å². The molecule has 0 aliphatic heterocycles. The fraction of sp³-hybridized carbons (Fsp3) is 0.280. The first-order valence-corrected chi connectivity index (χ1v) is 10.7. The zero-order chi connectivity index (χ0) is 21.1. The second kappa shape index (κ2) is 8.88. The number of benzene rings is 2. The van der Waals surface area contributed by atoms with Gasteiger partial charge in [-0.2, -0.15) is 5.10 Å². The molecule has 0 bridgehead atoms. The number of nitrogens with zero attached hydrogens (tertiary/aromatic N) is 3. The molecule has 4 nitrogen and oxygen atoms in total. The van der Waals surface area contributed by atoms with Crippen molar-refractivity contribution in [3.05, 3.63) is 93.8 Å². The minimum Gasteiger partial charge on any atom is -0.332 e. The maximum absolute atomic E-state index is 13.0. The number of hydrogen-bond acceptors (Lipinski definition) is 2. The summed E-state index contributed by atoms with van der Waals surface area (Å²) in [5, 5.41) is 5.40. The van der Waals surface area contributed by atoms with E-state index in [1.165, 1.54) is 0 Å². The van der Waals surface area contributed by atoms with Gasteiger partial charge in [0.15, 0.2) is 0 Å². The van der Waals surface area contributed by atoms with Gasteiger partial charge in [0.1, 0.15) is 0 Å². The minimum absolute atomic E-state index is 0.0546. The number of aryl methyl sites for hydroxylation is 1. The highest BCUT2D eigenvalue weighted by Crippen LogP contribution is 2.29. The smallest absolute Gasteiger partial charge is 0.247 e. The zero-order valence-electron chi connectivity index (χ0n) is 17.4. The zero-order valence-corrected chi connectivity index (χ0v) is 18.1. The Labute approximate surface area is 182 Å². The Balaban J connectivity index is 1.51. The van der Waals surface area contributed by atoms with Gasteiger partial charge in [-0.3, -0.25) is 9.48 Å². The summed E-state index contributed by atoms with van der Waals surface area (Å²) in [5.41, 5.74) is 5.11. The van der Waals surface area contributed by atoms with Gasteiger partial charge in [0.2, 0.25) is 5.91 Å². The van der Waals surface area contributed by atoms with Crippen molar-refractivity contribution >= 4 is 23.6 Å². The van der Waals surface area contributed by atoms with E-state index in [9.17, 15) is 4.79 Å². The molecule has 0 saturated heterocycles. The number of rotatable bonds is 7. The third-order valence-corrected chi connectivity index (χ3v) is 5.94. The van der Waals surface area contributed by atoms with Crippen LogP contribution in [0.4, 0.5) is 0 Å². The lowest BCUT2D eigenvalue weighted by molar-refractivity contribution is -0.127. The third-order valence-electron chi connectivity index (χ3n) is 5.57. The van der Waals surface area contributed by atoms with Crippen molar-refractivity contribution in [2.24, 2.45) is 0 Å². The Bertz CT molecular complexity index is 1070. The van der Waals surface area contributed by atoms with Crippen molar-refractivity contribution in [2.45, 2.75) is 45.8 Å². The molecule has 1 aliphatic carbocycles. The molecule has 1 amide bonds. The van der Waals surface area contributed by atoms with Gasteiger partial charge in [0.25, 0.3) is 0 Å². The van der Waals surface area contributed by atoms with Crippen LogP contribution in [0.5, 0.6) is 0 Å². The Morgan fingerprint density at radius 2 is 1.83 bits per heavy atom. The maximum atomic E-state index is 13.0. The van der Waals surface area contributed by atoms with E-state index in [2.05, 4.69) is 17.2 Å². The van der Waals surface area contributed by atoms with Crippen LogP contribution >= 0.6 is 11.6 Å². The molecule has 2 aromatic carbocycles. The fourth-order valence-electron chi connectivity index (χ4n) is 3.70. The molecular weight excluding hydrogens is 394 g/mol. The van der Waals surface area contributed by atoms with Crippen LogP contribution in [0.3, 0.4) is 0 Å². The van der Waals surface area contributed by atoms with Crippen LogP contribution in [-0.4, -0.2) is 26.6 Å². The highest BCUT2D eigenvalue weighted by molar-refractivity contribution is 6.31. The van der Waals surface area contributed by atoms with Crippen LogP contribution in [-0.2, 0) is 17.9 Å². The molecule has 3 aromatic rings. The van der Waals surface area contributed by atoms with Gasteiger partial charge in [-0.15, -0.1) is 0 Å². The standard InChI is InChI=1S/C25H26ClN3O/c1-18-23(19(2)29(27-18)17-21-10-6-7-11-24(21)26)14-15-25(30)28(22-12-13-22)16-20-8-4-3-5-9-20/h3-11,14-15,22H,12-13,16-17H2,1-2H3/b15-14+. The SMILES string of the molecule is Cc1nn(Cc2ccccc2Cl)c(C)c1/C=C/C(=O)N(Cc1ccccc1)C1CC1. The van der Waals surface area contributed by atoms with Crippen LogP contribution in [0.1, 0.15) is 40.9 Å². The Morgan fingerprint density at radius 3 is 2.53 bits per heavy atom. The summed E-state index contributed by atoms with van der Waals surface area (Å²) < 4.78 is 1.95. The van der Waals surface area contributed by atoms with Crippen LogP contribution < -0.4 is 0 Å². The summed E-state index contributed by atoms with van der Waals surface area (Å²) in [6.07, 6.45) is 5.77. The number of carbonyl (C=O) groups is 1. The molecule has 0 N–H and O–H groups in total. The summed E-state index contributed by atoms with van der Waals surface area (Å²) in [6, 6.07) is 18.3. The van der Waals surface area contributed by atoms with Gasteiger partial charge >= 0.3 is 0 Å². The molecule has 1 fully saturated rings. The first-order valence-electron chi connectivity index (χ1n) is 10.3. The molecule has 1 heterocycles. The lowest BCUT2D eigenvalue weighted by Crippen LogP contribution is -2.31. The first kappa shape index (κ1) is 20.4. The van der Waals surface area contributed by atoms with E-state index in [1.807, 2.05) is 72.0 Å². The lowest BCUT2D eigenvalue weighted by atomic mass is 10.1. The molecule has 30 heavy (non-hydrogen) atoms. The average molecular weight is 420 g/mol. The molecule has 154 valence electrons. The van der Waals surface area contributed by atoms with Crippen LogP contribution in [0.15, 0.2) is 60.7 Å². The fourth-order valence-corrected chi connectivity index (χ4v) is 3.89. The van der Waals surface area contributed by atoms with E-state index >= 15 is 0 Å². The lowest BCUT2D eigenvalue weighted by Gasteiger charge is -2.21. The Morgan fingerprint density at radius 1 is 1.13 bits per heavy atom. The van der Waals surface area contributed by atoms with Gasteiger partial charge in [-0.1, -0.05) is 60.1 Å². The third kappa shape index (κ3) is 4.65. The van der Waals surface area contributed by atoms with Crippen molar-refractivity contribution in [2.75, 3.05) is 0 Å². The summed E-state index contributed by atoms with van der Waals surface area (Å²) >= 11 is 6.31.